The van der Waals surface area contributed by atoms with Crippen LogP contribution >= 0.6 is 34.8 Å². The van der Waals surface area contributed by atoms with E-state index in [4.69, 9.17) is 34.8 Å². The highest BCUT2D eigenvalue weighted by molar-refractivity contribution is 7.92. The Morgan fingerprint density at radius 1 is 1.03 bits per heavy atom. The minimum absolute atomic E-state index is 0.0662. The largest absolute Gasteiger partial charge is 0.354 e. The standard InChI is InChI=1S/C25H32Cl3N3O4S/c1-5-7-13-29-25(33)23(6-2)30(15-19-20(26)9-8-10-21(19)27)24(32)16-31(36(4,34)35)18-12-11-17(3)22(28)14-18/h8-12,14,23H,5-7,13,15-16H2,1-4H3,(H,29,33)/t23-/m0/s1. The van der Waals surface area contributed by atoms with Crippen molar-refractivity contribution in [2.45, 2.75) is 52.6 Å². The molecule has 2 aromatic rings. The lowest BCUT2D eigenvalue weighted by Gasteiger charge is -2.33. The molecule has 0 aromatic heterocycles. The van der Waals surface area contributed by atoms with Crippen LogP contribution in [-0.4, -0.2) is 50.5 Å². The lowest BCUT2D eigenvalue weighted by molar-refractivity contribution is -0.140. The van der Waals surface area contributed by atoms with Gasteiger partial charge in [0.2, 0.25) is 21.8 Å². The van der Waals surface area contributed by atoms with Crippen molar-refractivity contribution in [1.29, 1.82) is 0 Å². The molecule has 2 rings (SSSR count). The first-order valence-corrected chi connectivity index (χ1v) is 14.6. The number of amides is 2. The minimum atomic E-state index is -3.86. The molecule has 11 heteroatoms. The molecule has 0 saturated heterocycles. The summed E-state index contributed by atoms with van der Waals surface area (Å²) in [5.41, 5.74) is 1.49. The van der Waals surface area contributed by atoms with E-state index in [1.165, 1.54) is 11.0 Å². The molecule has 0 saturated carbocycles. The number of halogens is 3. The van der Waals surface area contributed by atoms with E-state index in [1.54, 1.807) is 44.2 Å². The van der Waals surface area contributed by atoms with Crippen LogP contribution in [0.4, 0.5) is 5.69 Å². The molecule has 2 aromatic carbocycles. The second-order valence-electron chi connectivity index (χ2n) is 8.49. The predicted molar refractivity (Wildman–Crippen MR) is 147 cm³/mol. The van der Waals surface area contributed by atoms with E-state index in [1.807, 2.05) is 6.92 Å². The molecule has 0 aliphatic rings. The van der Waals surface area contributed by atoms with E-state index in [0.29, 0.717) is 33.6 Å². The molecular weight excluding hydrogens is 545 g/mol. The van der Waals surface area contributed by atoms with Gasteiger partial charge in [-0.2, -0.15) is 0 Å². The van der Waals surface area contributed by atoms with Gasteiger partial charge in [0.05, 0.1) is 11.9 Å². The Kier molecular flexibility index (Phi) is 11.3. The third kappa shape index (κ3) is 8.00. The Hall–Kier alpha value is -2.00. The highest BCUT2D eigenvalue weighted by Crippen LogP contribution is 2.28. The predicted octanol–water partition coefficient (Wildman–Crippen LogP) is 5.44. The summed E-state index contributed by atoms with van der Waals surface area (Å²) >= 11 is 19.0. The van der Waals surface area contributed by atoms with Crippen LogP contribution in [0.2, 0.25) is 15.1 Å². The van der Waals surface area contributed by atoms with Crippen LogP contribution in [-0.2, 0) is 26.2 Å². The maximum Gasteiger partial charge on any atom is 0.244 e. The first kappa shape index (κ1) is 30.2. The molecule has 0 heterocycles. The maximum absolute atomic E-state index is 13.7. The Balaban J connectivity index is 2.48. The molecule has 1 N–H and O–H groups in total. The first-order chi connectivity index (χ1) is 16.9. The number of nitrogens with zero attached hydrogens (tertiary/aromatic N) is 2. The van der Waals surface area contributed by atoms with E-state index >= 15 is 0 Å². The Bertz CT molecular complexity index is 1170. The molecule has 0 spiro atoms. The zero-order valence-corrected chi connectivity index (χ0v) is 23.9. The summed E-state index contributed by atoms with van der Waals surface area (Å²) in [6, 6.07) is 8.87. The number of hydrogen-bond donors (Lipinski definition) is 1. The minimum Gasteiger partial charge on any atom is -0.354 e. The number of benzene rings is 2. The summed E-state index contributed by atoms with van der Waals surface area (Å²) in [5, 5.41) is 3.92. The van der Waals surface area contributed by atoms with E-state index < -0.39 is 28.5 Å². The van der Waals surface area contributed by atoms with Gasteiger partial charge in [-0.3, -0.25) is 13.9 Å². The molecule has 0 radical (unpaired) electrons. The average Bonchev–Trinajstić information content (AvgIpc) is 2.80. The van der Waals surface area contributed by atoms with Crippen molar-refractivity contribution in [3.63, 3.8) is 0 Å². The SMILES string of the molecule is CCCCNC(=O)[C@H](CC)N(Cc1c(Cl)cccc1Cl)C(=O)CN(c1ccc(C)c(Cl)c1)S(C)(=O)=O. The number of hydrogen-bond acceptors (Lipinski definition) is 4. The third-order valence-corrected chi connectivity index (χ3v) is 7.98. The summed E-state index contributed by atoms with van der Waals surface area (Å²) in [6.07, 6.45) is 3.01. The fraction of sp³-hybridized carbons (Fsp3) is 0.440. The molecule has 36 heavy (non-hydrogen) atoms. The van der Waals surface area contributed by atoms with Gasteiger partial charge in [0, 0.05) is 33.7 Å². The van der Waals surface area contributed by atoms with Crippen molar-refractivity contribution in [2.24, 2.45) is 0 Å². The zero-order chi connectivity index (χ0) is 27.0. The van der Waals surface area contributed by atoms with Gasteiger partial charge in [-0.15, -0.1) is 0 Å². The van der Waals surface area contributed by atoms with E-state index in [9.17, 15) is 18.0 Å². The van der Waals surface area contributed by atoms with Gasteiger partial charge in [-0.25, -0.2) is 8.42 Å². The van der Waals surface area contributed by atoms with Crippen molar-refractivity contribution in [2.75, 3.05) is 23.7 Å². The summed E-state index contributed by atoms with van der Waals surface area (Å²) in [7, 11) is -3.86. The first-order valence-electron chi connectivity index (χ1n) is 11.6. The zero-order valence-electron chi connectivity index (χ0n) is 20.9. The number of carbonyl (C=O) groups excluding carboxylic acids is 2. The molecule has 0 aliphatic carbocycles. The Morgan fingerprint density at radius 2 is 1.67 bits per heavy atom. The Morgan fingerprint density at radius 3 is 2.19 bits per heavy atom. The monoisotopic (exact) mass is 575 g/mol. The van der Waals surface area contributed by atoms with Crippen LogP contribution in [0.15, 0.2) is 36.4 Å². The number of rotatable bonds is 12. The van der Waals surface area contributed by atoms with Gasteiger partial charge in [0.25, 0.3) is 0 Å². The number of unbranched alkanes of at least 4 members (excludes halogenated alkanes) is 1. The van der Waals surface area contributed by atoms with Crippen LogP contribution < -0.4 is 9.62 Å². The van der Waals surface area contributed by atoms with Gasteiger partial charge < -0.3 is 10.2 Å². The van der Waals surface area contributed by atoms with Crippen molar-refractivity contribution in [3.05, 3.63) is 62.6 Å². The van der Waals surface area contributed by atoms with Gasteiger partial charge >= 0.3 is 0 Å². The number of sulfonamides is 1. The highest BCUT2D eigenvalue weighted by Gasteiger charge is 2.32. The third-order valence-electron chi connectivity index (χ3n) is 5.73. The van der Waals surface area contributed by atoms with Gasteiger partial charge in [0.1, 0.15) is 12.6 Å². The normalized spacial score (nSPS) is 12.2. The summed E-state index contributed by atoms with van der Waals surface area (Å²) in [5.74, 6) is -0.905. The van der Waals surface area contributed by atoms with E-state index in [0.717, 1.165) is 29.0 Å². The lowest BCUT2D eigenvalue weighted by atomic mass is 10.1. The summed E-state index contributed by atoms with van der Waals surface area (Å²) in [6.45, 7) is 5.46. The van der Waals surface area contributed by atoms with Gasteiger partial charge in [0.15, 0.2) is 0 Å². The van der Waals surface area contributed by atoms with Gasteiger partial charge in [-0.1, -0.05) is 67.2 Å². The summed E-state index contributed by atoms with van der Waals surface area (Å²) < 4.78 is 26.4. The number of carbonyl (C=O) groups is 2. The van der Waals surface area contributed by atoms with Crippen LogP contribution in [0, 0.1) is 6.92 Å². The van der Waals surface area contributed by atoms with E-state index in [-0.39, 0.29) is 18.1 Å². The quantitative estimate of drug-likeness (QED) is 0.341. The molecule has 2 amide bonds. The van der Waals surface area contributed by atoms with Crippen molar-refractivity contribution < 1.29 is 18.0 Å². The fourth-order valence-corrected chi connectivity index (χ4v) is 5.16. The molecular formula is C25H32Cl3N3O4S. The number of nitrogens with one attached hydrogen (secondary N) is 1. The summed E-state index contributed by atoms with van der Waals surface area (Å²) in [4.78, 5) is 28.1. The van der Waals surface area contributed by atoms with Crippen molar-refractivity contribution in [1.82, 2.24) is 10.2 Å². The second-order valence-corrected chi connectivity index (χ2v) is 11.6. The fourth-order valence-electron chi connectivity index (χ4n) is 3.63. The van der Waals surface area contributed by atoms with Crippen LogP contribution in [0.1, 0.15) is 44.2 Å². The molecule has 198 valence electrons. The molecule has 7 nitrogen and oxygen atoms in total. The lowest BCUT2D eigenvalue weighted by Crippen LogP contribution is -2.52. The van der Waals surface area contributed by atoms with Crippen LogP contribution in [0.25, 0.3) is 0 Å². The van der Waals surface area contributed by atoms with Gasteiger partial charge in [-0.05, 0) is 49.6 Å². The van der Waals surface area contributed by atoms with Crippen molar-refractivity contribution in [3.8, 4) is 0 Å². The highest BCUT2D eigenvalue weighted by atomic mass is 35.5. The molecule has 1 atom stereocenters. The second kappa shape index (κ2) is 13.5. The molecule has 0 unspecified atom stereocenters. The maximum atomic E-state index is 13.7. The smallest absolute Gasteiger partial charge is 0.244 e. The van der Waals surface area contributed by atoms with Crippen LogP contribution in [0.5, 0.6) is 0 Å². The number of aryl methyl sites for hydroxylation is 1. The van der Waals surface area contributed by atoms with Crippen molar-refractivity contribution >= 4 is 62.3 Å². The topological polar surface area (TPSA) is 86.8 Å². The molecule has 0 bridgehead atoms. The molecule has 0 aliphatic heterocycles. The van der Waals surface area contributed by atoms with Crippen LogP contribution in [0.3, 0.4) is 0 Å². The Labute approximate surface area is 228 Å². The average molecular weight is 577 g/mol. The molecule has 0 fully saturated rings. The number of anilines is 1. The van der Waals surface area contributed by atoms with E-state index in [2.05, 4.69) is 5.32 Å².